The zero-order valence-corrected chi connectivity index (χ0v) is 44.2. The van der Waals surface area contributed by atoms with Crippen LogP contribution in [0.1, 0.15) is 135 Å². The summed E-state index contributed by atoms with van der Waals surface area (Å²) in [5, 5.41) is 17.5. The van der Waals surface area contributed by atoms with Crippen molar-refractivity contribution >= 4 is 50.8 Å². The number of nitrogens with two attached hydrogens (primary N) is 1. The standard InChI is InChI=1S/C30H38N6O3.C20H22N6.C6H10O2/c1-7-22-23(8-2)33-28(32-22)27-20-15-19(12-13-25(20)36(35-27)26-11-9-10-14-38-26)21-16-31-17-24(18(21)3)34-29(37)39-30(4,5)6;1-4-16-17(5-2)24-20(23-16)19-13-8-12(6-7-18(13)25-26-19)14-9-22-10-15(21)11(14)3;1-3-5(7)6(8)4-2/h12-13,15-17,26H,7-11,14H2,1-6H3,(H,32,33)(H,34,37);6-10H,4-5,21H2,1-3H3,(H,23,24)(H,25,26);3-4H2,1-2H3. The number of pyridine rings is 2. The Kier molecular flexibility index (Phi) is 17.0. The molecule has 9 rings (SSSR count). The van der Waals surface area contributed by atoms with Crippen molar-refractivity contribution in [1.82, 2.24) is 49.9 Å². The van der Waals surface area contributed by atoms with Crippen LogP contribution in [0.25, 0.3) is 67.1 Å². The first-order valence-electron chi connectivity index (χ1n) is 25.5. The van der Waals surface area contributed by atoms with Crippen LogP contribution in [0.15, 0.2) is 61.2 Å². The smallest absolute Gasteiger partial charge is 0.412 e. The van der Waals surface area contributed by atoms with Gasteiger partial charge in [-0.25, -0.2) is 19.4 Å². The van der Waals surface area contributed by atoms with E-state index >= 15 is 0 Å². The average Bonchev–Trinajstić information content (AvgIpc) is 4.20. The number of hydrogen-bond donors (Lipinski definition) is 5. The first kappa shape index (κ1) is 53.3. The molecule has 1 aliphatic heterocycles. The number of nitrogens with zero attached hydrogens (tertiary/aromatic N) is 7. The molecule has 1 atom stereocenters. The van der Waals surface area contributed by atoms with Gasteiger partial charge in [0.25, 0.3) is 0 Å². The van der Waals surface area contributed by atoms with E-state index in [4.69, 9.17) is 30.3 Å². The molecule has 384 valence electrons. The number of nitrogen functional groups attached to an aromatic ring is 1. The Bertz CT molecular complexity index is 3180. The highest BCUT2D eigenvalue weighted by Gasteiger charge is 2.25. The maximum absolute atomic E-state index is 12.4. The van der Waals surface area contributed by atoms with Crippen LogP contribution in [0.2, 0.25) is 0 Å². The highest BCUT2D eigenvalue weighted by atomic mass is 16.6. The number of ketones is 2. The van der Waals surface area contributed by atoms with Crippen LogP contribution in [-0.4, -0.2) is 79.7 Å². The third kappa shape index (κ3) is 12.1. The molecular formula is C56H70N12O5. The maximum Gasteiger partial charge on any atom is 0.412 e. The maximum atomic E-state index is 12.4. The molecule has 8 aromatic rings. The number of aromatic nitrogens is 10. The Morgan fingerprint density at radius 2 is 1.34 bits per heavy atom. The van der Waals surface area contributed by atoms with Crippen molar-refractivity contribution in [3.63, 3.8) is 0 Å². The predicted molar refractivity (Wildman–Crippen MR) is 288 cm³/mol. The quantitative estimate of drug-likeness (QED) is 0.0678. The third-order valence-electron chi connectivity index (χ3n) is 12.9. The Labute approximate surface area is 426 Å². The zero-order valence-electron chi connectivity index (χ0n) is 44.2. The minimum atomic E-state index is -0.589. The molecule has 17 heteroatoms. The van der Waals surface area contributed by atoms with Crippen molar-refractivity contribution in [1.29, 1.82) is 0 Å². The van der Waals surface area contributed by atoms with Gasteiger partial charge < -0.3 is 25.2 Å². The van der Waals surface area contributed by atoms with Crippen LogP contribution >= 0.6 is 0 Å². The number of imidazole rings is 2. The van der Waals surface area contributed by atoms with Crippen molar-refractivity contribution in [2.45, 2.75) is 146 Å². The molecule has 0 bridgehead atoms. The number of nitrogens with one attached hydrogen (secondary N) is 4. The van der Waals surface area contributed by atoms with Gasteiger partial charge >= 0.3 is 6.09 Å². The summed E-state index contributed by atoms with van der Waals surface area (Å²) in [7, 11) is 0. The molecule has 2 aromatic carbocycles. The summed E-state index contributed by atoms with van der Waals surface area (Å²) in [5.74, 6) is 1.07. The molecule has 0 spiro atoms. The number of rotatable bonds is 13. The topological polar surface area (TPSA) is 237 Å². The van der Waals surface area contributed by atoms with Gasteiger partial charge in [0, 0.05) is 65.1 Å². The number of Topliss-reactive ketones (excluding diaryl/α,β-unsaturated/α-hetero) is 2. The van der Waals surface area contributed by atoms with Crippen molar-refractivity contribution in [3.05, 3.63) is 95.1 Å². The summed E-state index contributed by atoms with van der Waals surface area (Å²) in [6.45, 7) is 22.1. The average molecular weight is 991 g/mol. The fraction of sp³-hybridized carbons (Fsp3) is 0.411. The molecule has 6 N–H and O–H groups in total. The number of fused-ring (bicyclic) bond motifs is 2. The van der Waals surface area contributed by atoms with Gasteiger partial charge in [-0.15, -0.1) is 0 Å². The summed E-state index contributed by atoms with van der Waals surface area (Å²) in [5.41, 5.74) is 20.8. The third-order valence-corrected chi connectivity index (χ3v) is 12.9. The molecule has 1 saturated heterocycles. The molecule has 1 aliphatic rings. The lowest BCUT2D eigenvalue weighted by Crippen LogP contribution is -2.27. The summed E-state index contributed by atoms with van der Waals surface area (Å²) in [4.78, 5) is 58.5. The number of amides is 1. The first-order valence-corrected chi connectivity index (χ1v) is 25.5. The number of aryl methyl sites for hydroxylation is 4. The van der Waals surface area contributed by atoms with E-state index in [1.165, 1.54) is 5.69 Å². The normalized spacial score (nSPS) is 13.5. The van der Waals surface area contributed by atoms with E-state index in [1.54, 1.807) is 26.2 Å². The molecule has 1 unspecified atom stereocenters. The van der Waals surface area contributed by atoms with Crippen molar-refractivity contribution < 1.29 is 23.9 Å². The van der Waals surface area contributed by atoms with E-state index in [0.29, 0.717) is 24.2 Å². The van der Waals surface area contributed by atoms with Gasteiger partial charge in [-0.3, -0.25) is 30.0 Å². The largest absolute Gasteiger partial charge is 0.444 e. The van der Waals surface area contributed by atoms with Crippen LogP contribution in [0.4, 0.5) is 16.2 Å². The molecular weight excluding hydrogens is 921 g/mol. The molecule has 17 nitrogen and oxygen atoms in total. The minimum absolute atomic E-state index is 0.100. The zero-order chi connectivity index (χ0) is 52.6. The van der Waals surface area contributed by atoms with Gasteiger partial charge in [-0.2, -0.15) is 10.2 Å². The highest BCUT2D eigenvalue weighted by Crippen LogP contribution is 2.37. The monoisotopic (exact) mass is 991 g/mol. The SMILES string of the molecule is CCC(=O)C(=O)CC.CCc1nc(-c2n[nH]c3ccc(-c4cncc(N)c4C)cc23)[nH]c1CC.CCc1nc(-c2nn(C3CCCCO3)c3ccc(-c4cncc(NC(=O)OC(C)(C)C)c4C)cc23)[nH]c1CC. The number of carbonyl (C=O) groups excluding carboxylic acids is 3. The van der Waals surface area contributed by atoms with Crippen LogP contribution < -0.4 is 11.1 Å². The van der Waals surface area contributed by atoms with E-state index in [0.717, 1.165) is 147 Å². The summed E-state index contributed by atoms with van der Waals surface area (Å²) >= 11 is 0. The molecule has 6 aromatic heterocycles. The number of ether oxygens (including phenoxy) is 2. The van der Waals surface area contributed by atoms with Crippen LogP contribution in [0.3, 0.4) is 0 Å². The van der Waals surface area contributed by atoms with Gasteiger partial charge in [0.05, 0.1) is 46.2 Å². The number of hydrogen-bond acceptors (Lipinski definition) is 12. The molecule has 1 amide bonds. The molecule has 0 aliphatic carbocycles. The van der Waals surface area contributed by atoms with Crippen molar-refractivity contribution in [3.8, 4) is 45.3 Å². The number of aromatic amines is 3. The molecule has 0 radical (unpaired) electrons. The van der Waals surface area contributed by atoms with Crippen molar-refractivity contribution in [2.24, 2.45) is 0 Å². The van der Waals surface area contributed by atoms with E-state index in [9.17, 15) is 14.4 Å². The second-order valence-electron chi connectivity index (χ2n) is 19.1. The molecule has 1 fully saturated rings. The number of anilines is 2. The molecule has 73 heavy (non-hydrogen) atoms. The van der Waals surface area contributed by atoms with Crippen LogP contribution in [0, 0.1) is 13.8 Å². The van der Waals surface area contributed by atoms with Crippen molar-refractivity contribution in [2.75, 3.05) is 17.7 Å². The lowest BCUT2D eigenvalue weighted by molar-refractivity contribution is -0.136. The van der Waals surface area contributed by atoms with E-state index in [1.807, 2.05) is 57.8 Å². The number of carbonyl (C=O) groups is 3. The second kappa shape index (κ2) is 23.3. The fourth-order valence-corrected chi connectivity index (χ4v) is 8.85. The Hall–Kier alpha value is -7.53. The van der Waals surface area contributed by atoms with Crippen LogP contribution in [-0.2, 0) is 44.7 Å². The van der Waals surface area contributed by atoms with E-state index in [-0.39, 0.29) is 17.8 Å². The number of benzene rings is 2. The predicted octanol–water partition coefficient (Wildman–Crippen LogP) is 11.9. The molecule has 7 heterocycles. The van der Waals surface area contributed by atoms with Gasteiger partial charge in [0.15, 0.2) is 29.4 Å². The van der Waals surface area contributed by atoms with E-state index in [2.05, 4.69) is 93.5 Å². The highest BCUT2D eigenvalue weighted by molar-refractivity contribution is 6.36. The van der Waals surface area contributed by atoms with E-state index < -0.39 is 11.7 Å². The summed E-state index contributed by atoms with van der Waals surface area (Å²) < 4.78 is 13.6. The van der Waals surface area contributed by atoms with Crippen LogP contribution in [0.5, 0.6) is 0 Å². The van der Waals surface area contributed by atoms with Gasteiger partial charge in [0.1, 0.15) is 17.0 Å². The Morgan fingerprint density at radius 3 is 1.90 bits per heavy atom. The second-order valence-corrected chi connectivity index (χ2v) is 19.1. The minimum Gasteiger partial charge on any atom is -0.444 e. The molecule has 0 saturated carbocycles. The number of H-pyrrole nitrogens is 3. The van der Waals surface area contributed by atoms with Gasteiger partial charge in [-0.05, 0) is 126 Å². The fourth-order valence-electron chi connectivity index (χ4n) is 8.85. The Morgan fingerprint density at radius 1 is 0.753 bits per heavy atom. The Balaban J connectivity index is 0.000000196. The summed E-state index contributed by atoms with van der Waals surface area (Å²) in [6, 6.07) is 12.5. The lowest BCUT2D eigenvalue weighted by Gasteiger charge is -2.23. The summed E-state index contributed by atoms with van der Waals surface area (Å²) in [6.07, 6.45) is 13.8. The lowest BCUT2D eigenvalue weighted by atomic mass is 9.99. The van der Waals surface area contributed by atoms with Gasteiger partial charge in [0.2, 0.25) is 0 Å². The first-order chi connectivity index (χ1) is 35.0. The van der Waals surface area contributed by atoms with Gasteiger partial charge in [-0.1, -0.05) is 53.7 Å².